The summed E-state index contributed by atoms with van der Waals surface area (Å²) < 4.78 is 2.31. The molecule has 0 fully saturated rings. The third-order valence-corrected chi connectivity index (χ3v) is 12.5. The van der Waals surface area contributed by atoms with Crippen LogP contribution in [0.1, 0.15) is 12.7 Å². The molecule has 2 nitrogen and oxygen atoms in total. The van der Waals surface area contributed by atoms with E-state index in [0.717, 1.165) is 29.0 Å². The predicted octanol–water partition coefficient (Wildman–Crippen LogP) is 15.5. The van der Waals surface area contributed by atoms with E-state index < -0.39 is 0 Å². The highest BCUT2D eigenvalue weighted by atomic mass is 15.1. The topological polar surface area (TPSA) is 17.8 Å². The molecule has 0 aliphatic heterocycles. The fourth-order valence-electron chi connectivity index (χ4n) is 9.94. The molecule has 0 aliphatic rings. The summed E-state index contributed by atoms with van der Waals surface area (Å²) in [5.74, 6) is 1.07. The Kier molecular flexibility index (Phi) is 7.55. The normalized spacial score (nSPS) is 11.9. The van der Waals surface area contributed by atoms with Crippen LogP contribution in [-0.4, -0.2) is 9.55 Å². The monoisotopic (exact) mass is 750 g/mol. The van der Waals surface area contributed by atoms with Crippen molar-refractivity contribution in [3.63, 3.8) is 0 Å². The molecule has 0 saturated heterocycles. The first kappa shape index (κ1) is 33.6. The molecule has 0 radical (unpaired) electrons. The molecule has 276 valence electrons. The van der Waals surface area contributed by atoms with Gasteiger partial charge in [-0.25, -0.2) is 4.98 Å². The fraction of sp³-hybridized carbons (Fsp3) is 0.0351. The molecule has 0 saturated carbocycles. The Morgan fingerprint density at radius 3 is 1.61 bits per heavy atom. The van der Waals surface area contributed by atoms with Crippen molar-refractivity contribution in [3.05, 3.63) is 206 Å². The Balaban J connectivity index is 1.19. The third-order valence-electron chi connectivity index (χ3n) is 12.5. The summed E-state index contributed by atoms with van der Waals surface area (Å²) in [6.45, 7) is 2.18. The third kappa shape index (κ3) is 5.10. The van der Waals surface area contributed by atoms with Crippen molar-refractivity contribution in [1.29, 1.82) is 0 Å². The summed E-state index contributed by atoms with van der Waals surface area (Å²) >= 11 is 0. The van der Waals surface area contributed by atoms with Crippen molar-refractivity contribution in [3.8, 4) is 39.1 Å². The van der Waals surface area contributed by atoms with Crippen LogP contribution in [0, 0.1) is 0 Å². The standard InChI is InChI=1S/C57H38N2/c1-2-54-58-52-26-14-15-27-53(52)59(54)39-31-28-37(29-32-39)55-46-24-12-13-25-47(46)57(49-34-38(30-33-48(49)55)36-16-4-3-5-17-36)51-35-50-42-20-7-6-18-40(42)41-19-8-10-22-44(41)56(50)45-23-11-9-21-43(45)51/h3-35H,2H2,1H3. The quantitative estimate of drug-likeness (QED) is 0.127. The van der Waals surface area contributed by atoms with Crippen LogP contribution in [0.15, 0.2) is 200 Å². The molecule has 0 N–H and O–H groups in total. The lowest BCUT2D eigenvalue weighted by atomic mass is 9.82. The zero-order chi connectivity index (χ0) is 39.0. The van der Waals surface area contributed by atoms with Gasteiger partial charge in [-0.05, 0) is 134 Å². The highest BCUT2D eigenvalue weighted by molar-refractivity contribution is 6.34. The van der Waals surface area contributed by atoms with E-state index in [9.17, 15) is 0 Å². The average Bonchev–Trinajstić information content (AvgIpc) is 3.69. The zero-order valence-electron chi connectivity index (χ0n) is 32.7. The Bertz CT molecular complexity index is 3630. The number of nitrogens with zero attached hydrogens (tertiary/aromatic N) is 2. The predicted molar refractivity (Wildman–Crippen MR) is 252 cm³/mol. The van der Waals surface area contributed by atoms with Gasteiger partial charge in [-0.2, -0.15) is 0 Å². The van der Waals surface area contributed by atoms with E-state index >= 15 is 0 Å². The summed E-state index contributed by atoms with van der Waals surface area (Å²) in [5, 5.41) is 15.2. The van der Waals surface area contributed by atoms with Gasteiger partial charge < -0.3 is 0 Å². The highest BCUT2D eigenvalue weighted by Crippen LogP contribution is 2.49. The minimum absolute atomic E-state index is 0.854. The number of rotatable bonds is 5. The molecular weight excluding hydrogens is 713 g/mol. The molecule has 0 spiro atoms. The largest absolute Gasteiger partial charge is 0.296 e. The van der Waals surface area contributed by atoms with Gasteiger partial charge in [0, 0.05) is 12.1 Å². The molecule has 2 heteroatoms. The second kappa shape index (κ2) is 13.3. The minimum Gasteiger partial charge on any atom is -0.296 e. The number of para-hydroxylation sites is 2. The van der Waals surface area contributed by atoms with Gasteiger partial charge in [0.05, 0.1) is 11.0 Å². The van der Waals surface area contributed by atoms with Crippen molar-refractivity contribution >= 4 is 75.7 Å². The van der Waals surface area contributed by atoms with Crippen LogP contribution in [0.4, 0.5) is 0 Å². The first-order valence-corrected chi connectivity index (χ1v) is 20.6. The Hall–Kier alpha value is -7.55. The molecule has 11 aromatic carbocycles. The van der Waals surface area contributed by atoms with Gasteiger partial charge in [-0.3, -0.25) is 4.57 Å². The zero-order valence-corrected chi connectivity index (χ0v) is 32.7. The van der Waals surface area contributed by atoms with Crippen molar-refractivity contribution in [2.75, 3.05) is 0 Å². The maximum absolute atomic E-state index is 4.98. The summed E-state index contributed by atoms with van der Waals surface area (Å²) in [4.78, 5) is 4.98. The number of benzene rings is 11. The van der Waals surface area contributed by atoms with E-state index in [1.54, 1.807) is 0 Å². The average molecular weight is 751 g/mol. The number of imidazole rings is 1. The van der Waals surface area contributed by atoms with Gasteiger partial charge in [0.25, 0.3) is 0 Å². The fourth-order valence-corrected chi connectivity index (χ4v) is 9.94. The highest BCUT2D eigenvalue weighted by Gasteiger charge is 2.22. The maximum Gasteiger partial charge on any atom is 0.114 e. The lowest BCUT2D eigenvalue weighted by Gasteiger charge is -2.21. The maximum atomic E-state index is 4.98. The van der Waals surface area contributed by atoms with E-state index in [-0.39, 0.29) is 0 Å². The van der Waals surface area contributed by atoms with E-state index in [2.05, 4.69) is 212 Å². The van der Waals surface area contributed by atoms with Gasteiger partial charge in [-0.15, -0.1) is 0 Å². The molecular formula is C57H38N2. The smallest absolute Gasteiger partial charge is 0.114 e. The lowest BCUT2D eigenvalue weighted by molar-refractivity contribution is 0.908. The minimum atomic E-state index is 0.854. The molecule has 0 aliphatic carbocycles. The summed E-state index contributed by atoms with van der Waals surface area (Å²) in [6.07, 6.45) is 0.854. The molecule has 12 rings (SSSR count). The summed E-state index contributed by atoms with van der Waals surface area (Å²) in [7, 11) is 0. The molecule has 0 atom stereocenters. The number of hydrogen-bond acceptors (Lipinski definition) is 1. The molecule has 12 aromatic rings. The number of aromatic nitrogens is 2. The van der Waals surface area contributed by atoms with Gasteiger partial charge in [-0.1, -0.05) is 171 Å². The lowest BCUT2D eigenvalue weighted by Crippen LogP contribution is -2.00. The van der Waals surface area contributed by atoms with Crippen LogP contribution in [0.3, 0.4) is 0 Å². The van der Waals surface area contributed by atoms with Gasteiger partial charge in [0.2, 0.25) is 0 Å². The van der Waals surface area contributed by atoms with Crippen LogP contribution in [0.2, 0.25) is 0 Å². The summed E-state index contributed by atoms with van der Waals surface area (Å²) in [5.41, 5.74) is 10.7. The van der Waals surface area contributed by atoms with Crippen LogP contribution in [0.25, 0.3) is 115 Å². The molecule has 1 heterocycles. The Morgan fingerprint density at radius 1 is 0.373 bits per heavy atom. The SMILES string of the molecule is CCc1nc2ccccc2n1-c1ccc(-c2c3ccccc3c(-c3cc4c5ccccc5c5ccccc5c4c4ccccc34)c3cc(-c4ccccc4)ccc23)cc1. The molecule has 0 unspecified atom stereocenters. The van der Waals surface area contributed by atoms with E-state index in [1.165, 1.54) is 98.0 Å². The van der Waals surface area contributed by atoms with E-state index in [1.807, 2.05) is 0 Å². The van der Waals surface area contributed by atoms with Crippen molar-refractivity contribution < 1.29 is 0 Å². The molecule has 1 aromatic heterocycles. The Labute approximate surface area is 342 Å². The number of fused-ring (bicyclic) bond motifs is 11. The van der Waals surface area contributed by atoms with E-state index in [0.29, 0.717) is 0 Å². The first-order valence-electron chi connectivity index (χ1n) is 20.6. The molecule has 0 bridgehead atoms. The Morgan fingerprint density at radius 2 is 0.898 bits per heavy atom. The van der Waals surface area contributed by atoms with Crippen LogP contribution < -0.4 is 0 Å². The summed E-state index contributed by atoms with van der Waals surface area (Å²) in [6, 6.07) is 73.9. The van der Waals surface area contributed by atoms with Crippen LogP contribution >= 0.6 is 0 Å². The van der Waals surface area contributed by atoms with Gasteiger partial charge in [0.15, 0.2) is 0 Å². The number of aryl methyl sites for hydroxylation is 1. The second-order valence-electron chi connectivity index (χ2n) is 15.7. The van der Waals surface area contributed by atoms with E-state index in [4.69, 9.17) is 4.98 Å². The van der Waals surface area contributed by atoms with Crippen molar-refractivity contribution in [1.82, 2.24) is 9.55 Å². The van der Waals surface area contributed by atoms with Crippen molar-refractivity contribution in [2.45, 2.75) is 13.3 Å². The van der Waals surface area contributed by atoms with Crippen LogP contribution in [0.5, 0.6) is 0 Å². The second-order valence-corrected chi connectivity index (χ2v) is 15.7. The van der Waals surface area contributed by atoms with Crippen LogP contribution in [-0.2, 0) is 6.42 Å². The van der Waals surface area contributed by atoms with Gasteiger partial charge >= 0.3 is 0 Å². The first-order chi connectivity index (χ1) is 29.2. The van der Waals surface area contributed by atoms with Crippen molar-refractivity contribution in [2.24, 2.45) is 0 Å². The van der Waals surface area contributed by atoms with Gasteiger partial charge in [0.1, 0.15) is 5.82 Å². The number of hydrogen-bond donors (Lipinski definition) is 0. The molecule has 59 heavy (non-hydrogen) atoms. The molecule has 0 amide bonds.